The van der Waals surface area contributed by atoms with E-state index in [4.69, 9.17) is 0 Å². The molecule has 1 aromatic rings. The van der Waals surface area contributed by atoms with Crippen molar-refractivity contribution >= 4 is 11.6 Å². The van der Waals surface area contributed by atoms with E-state index in [0.717, 1.165) is 19.4 Å². The Kier molecular flexibility index (Phi) is 2.25. The van der Waals surface area contributed by atoms with Gasteiger partial charge in [-0.25, -0.2) is 0 Å². The van der Waals surface area contributed by atoms with Crippen molar-refractivity contribution in [3.8, 4) is 0 Å². The fourth-order valence-electron chi connectivity index (χ4n) is 1.62. The number of nitrogens with zero attached hydrogens (tertiary/aromatic N) is 1. The molecule has 0 bridgehead atoms. The predicted molar refractivity (Wildman–Crippen MR) is 50.8 cm³/mol. The van der Waals surface area contributed by atoms with E-state index < -0.39 is 5.54 Å². The van der Waals surface area contributed by atoms with Gasteiger partial charge in [0.1, 0.15) is 12.0 Å². The number of carbonyl (C=O) groups excluding carboxylic acids is 1. The molecule has 1 amide bonds. The zero-order chi connectivity index (χ0) is 10.0. The maximum Gasteiger partial charge on any atom is 0.244 e. The summed E-state index contributed by atoms with van der Waals surface area (Å²) in [5.41, 5.74) is 0.155. The van der Waals surface area contributed by atoms with E-state index in [9.17, 15) is 4.79 Å². The van der Waals surface area contributed by atoms with Gasteiger partial charge in [0.25, 0.3) is 0 Å². The largest absolute Gasteiger partial charge is 0.363 e. The molecule has 1 aliphatic rings. The lowest BCUT2D eigenvalue weighted by atomic mass is 9.99. The summed E-state index contributed by atoms with van der Waals surface area (Å²) in [7, 11) is 0. The van der Waals surface area contributed by atoms with E-state index in [1.807, 2.05) is 6.92 Å². The summed E-state index contributed by atoms with van der Waals surface area (Å²) in [6, 6.07) is 0. The molecular formula is C9H13N3O2. The molecule has 5 heteroatoms. The molecule has 1 fully saturated rings. The molecule has 0 radical (unpaired) electrons. The standard InChI is InChI=1S/C9H13N3O2/c1-9(3-2-4-10-9)8(13)12-7-5-11-14-6-7/h5-6,10H,2-4H2,1H3,(H,12,13). The van der Waals surface area contributed by atoms with Crippen molar-refractivity contribution in [1.82, 2.24) is 10.5 Å². The average Bonchev–Trinajstić information content (AvgIpc) is 2.76. The molecule has 1 aromatic heterocycles. The highest BCUT2D eigenvalue weighted by Crippen LogP contribution is 2.20. The Morgan fingerprint density at radius 3 is 3.21 bits per heavy atom. The van der Waals surface area contributed by atoms with Gasteiger partial charge in [-0.05, 0) is 26.3 Å². The number of carbonyl (C=O) groups is 1. The van der Waals surface area contributed by atoms with Gasteiger partial charge in [-0.15, -0.1) is 0 Å². The van der Waals surface area contributed by atoms with Gasteiger partial charge in [-0.1, -0.05) is 5.16 Å². The SMILES string of the molecule is CC1(C(=O)Nc2cnoc2)CCCN1. The van der Waals surface area contributed by atoms with E-state index in [-0.39, 0.29) is 5.91 Å². The lowest BCUT2D eigenvalue weighted by Gasteiger charge is -2.22. The molecule has 1 unspecified atom stereocenters. The minimum atomic E-state index is -0.447. The number of anilines is 1. The van der Waals surface area contributed by atoms with Crippen molar-refractivity contribution in [2.75, 3.05) is 11.9 Å². The third-order valence-electron chi connectivity index (χ3n) is 2.56. The van der Waals surface area contributed by atoms with Crippen molar-refractivity contribution < 1.29 is 9.32 Å². The van der Waals surface area contributed by atoms with Crippen LogP contribution < -0.4 is 10.6 Å². The van der Waals surface area contributed by atoms with E-state index >= 15 is 0 Å². The first-order valence-electron chi connectivity index (χ1n) is 4.67. The molecule has 14 heavy (non-hydrogen) atoms. The van der Waals surface area contributed by atoms with Crippen LogP contribution in [0.5, 0.6) is 0 Å². The number of aromatic nitrogens is 1. The topological polar surface area (TPSA) is 67.2 Å². The van der Waals surface area contributed by atoms with Crippen LogP contribution in [-0.4, -0.2) is 23.1 Å². The van der Waals surface area contributed by atoms with Crippen LogP contribution in [0.4, 0.5) is 5.69 Å². The summed E-state index contributed by atoms with van der Waals surface area (Å²) < 4.78 is 4.63. The normalized spacial score (nSPS) is 26.4. The van der Waals surface area contributed by atoms with Crippen molar-refractivity contribution in [1.29, 1.82) is 0 Å². The van der Waals surface area contributed by atoms with Gasteiger partial charge in [-0.2, -0.15) is 0 Å². The van der Waals surface area contributed by atoms with Gasteiger partial charge in [0, 0.05) is 0 Å². The quantitative estimate of drug-likeness (QED) is 0.731. The third kappa shape index (κ3) is 1.63. The Labute approximate surface area is 81.8 Å². The lowest BCUT2D eigenvalue weighted by molar-refractivity contribution is -0.121. The van der Waals surface area contributed by atoms with Crippen LogP contribution in [-0.2, 0) is 4.79 Å². The highest BCUT2D eigenvalue weighted by molar-refractivity contribution is 5.97. The first-order valence-corrected chi connectivity index (χ1v) is 4.67. The molecule has 5 nitrogen and oxygen atoms in total. The Balaban J connectivity index is 2.02. The van der Waals surface area contributed by atoms with Crippen molar-refractivity contribution in [2.45, 2.75) is 25.3 Å². The second-order valence-electron chi connectivity index (χ2n) is 3.73. The van der Waals surface area contributed by atoms with Gasteiger partial charge in [0.2, 0.25) is 5.91 Å². The summed E-state index contributed by atoms with van der Waals surface area (Å²) in [5, 5.41) is 9.44. The molecule has 0 aromatic carbocycles. The van der Waals surface area contributed by atoms with E-state index in [1.165, 1.54) is 12.5 Å². The molecule has 76 valence electrons. The summed E-state index contributed by atoms with van der Waals surface area (Å²) in [4.78, 5) is 11.8. The minimum absolute atomic E-state index is 0.0294. The zero-order valence-corrected chi connectivity index (χ0v) is 8.04. The van der Waals surface area contributed by atoms with E-state index in [2.05, 4.69) is 20.3 Å². The van der Waals surface area contributed by atoms with Crippen molar-refractivity contribution in [2.24, 2.45) is 0 Å². The van der Waals surface area contributed by atoms with Gasteiger partial charge < -0.3 is 15.2 Å². The monoisotopic (exact) mass is 195 g/mol. The average molecular weight is 195 g/mol. The number of rotatable bonds is 2. The van der Waals surface area contributed by atoms with Crippen LogP contribution >= 0.6 is 0 Å². The first kappa shape index (κ1) is 9.21. The highest BCUT2D eigenvalue weighted by Gasteiger charge is 2.35. The molecule has 0 saturated carbocycles. The van der Waals surface area contributed by atoms with Crippen LogP contribution in [0.3, 0.4) is 0 Å². The Morgan fingerprint density at radius 2 is 2.64 bits per heavy atom. The fourth-order valence-corrected chi connectivity index (χ4v) is 1.62. The molecule has 0 aliphatic carbocycles. The van der Waals surface area contributed by atoms with E-state index in [0.29, 0.717) is 5.69 Å². The number of hydrogen-bond donors (Lipinski definition) is 2. The van der Waals surface area contributed by atoms with E-state index in [1.54, 1.807) is 0 Å². The third-order valence-corrected chi connectivity index (χ3v) is 2.56. The fraction of sp³-hybridized carbons (Fsp3) is 0.556. The molecule has 1 saturated heterocycles. The van der Waals surface area contributed by atoms with Gasteiger partial charge in [-0.3, -0.25) is 4.79 Å². The molecule has 0 spiro atoms. The Hall–Kier alpha value is -1.36. The number of nitrogens with one attached hydrogen (secondary N) is 2. The summed E-state index contributed by atoms with van der Waals surface area (Å²) in [6.45, 7) is 2.80. The van der Waals surface area contributed by atoms with Gasteiger partial charge in [0.05, 0.1) is 11.7 Å². The van der Waals surface area contributed by atoms with Gasteiger partial charge in [0.15, 0.2) is 0 Å². The smallest absolute Gasteiger partial charge is 0.244 e. The molecule has 1 atom stereocenters. The maximum absolute atomic E-state index is 11.8. The van der Waals surface area contributed by atoms with Crippen LogP contribution in [0.1, 0.15) is 19.8 Å². The molecule has 2 heterocycles. The minimum Gasteiger partial charge on any atom is -0.363 e. The van der Waals surface area contributed by atoms with Crippen LogP contribution in [0.2, 0.25) is 0 Å². The second kappa shape index (κ2) is 3.42. The number of amides is 1. The maximum atomic E-state index is 11.8. The number of hydrogen-bond acceptors (Lipinski definition) is 4. The zero-order valence-electron chi connectivity index (χ0n) is 8.04. The molecule has 2 N–H and O–H groups in total. The molecule has 2 rings (SSSR count). The van der Waals surface area contributed by atoms with Crippen LogP contribution in [0.15, 0.2) is 17.0 Å². The lowest BCUT2D eigenvalue weighted by Crippen LogP contribution is -2.47. The Bertz CT molecular complexity index is 315. The van der Waals surface area contributed by atoms with Gasteiger partial charge >= 0.3 is 0 Å². The summed E-state index contributed by atoms with van der Waals surface area (Å²) >= 11 is 0. The van der Waals surface area contributed by atoms with Crippen molar-refractivity contribution in [3.63, 3.8) is 0 Å². The second-order valence-corrected chi connectivity index (χ2v) is 3.73. The van der Waals surface area contributed by atoms with Crippen LogP contribution in [0, 0.1) is 0 Å². The predicted octanol–water partition coefficient (Wildman–Crippen LogP) is 0.755. The highest BCUT2D eigenvalue weighted by atomic mass is 16.5. The summed E-state index contributed by atoms with van der Waals surface area (Å²) in [5.74, 6) is -0.0294. The van der Waals surface area contributed by atoms with Crippen molar-refractivity contribution in [3.05, 3.63) is 12.5 Å². The van der Waals surface area contributed by atoms with Crippen LogP contribution in [0.25, 0.3) is 0 Å². The molecular weight excluding hydrogens is 182 g/mol. The first-order chi connectivity index (χ1) is 6.71. The molecule has 1 aliphatic heterocycles. The summed E-state index contributed by atoms with van der Waals surface area (Å²) in [6.07, 6.45) is 4.80. The Morgan fingerprint density at radius 1 is 1.79 bits per heavy atom.